The Morgan fingerprint density at radius 3 is 2.62 bits per heavy atom. The van der Waals surface area contributed by atoms with Crippen LogP contribution in [0.3, 0.4) is 0 Å². The first kappa shape index (κ1) is 16.3. The van der Waals surface area contributed by atoms with Crippen LogP contribution in [-0.2, 0) is 11.3 Å². The molecular weight excluding hydrogens is 334 g/mol. The fourth-order valence-electron chi connectivity index (χ4n) is 2.88. The van der Waals surface area contributed by atoms with Crippen LogP contribution in [0.1, 0.15) is 27.7 Å². The predicted molar refractivity (Wildman–Crippen MR) is 91.1 cm³/mol. The summed E-state index contributed by atoms with van der Waals surface area (Å²) < 4.78 is 10.1. The molecule has 26 heavy (non-hydrogen) atoms. The minimum absolute atomic E-state index is 0.217. The first-order chi connectivity index (χ1) is 12.7. The molecule has 0 bridgehead atoms. The minimum atomic E-state index is -0.324. The molecule has 0 saturated carbocycles. The van der Waals surface area contributed by atoms with Crippen molar-refractivity contribution in [3.63, 3.8) is 0 Å². The van der Waals surface area contributed by atoms with Gasteiger partial charge in [-0.2, -0.15) is 4.98 Å². The number of methoxy groups -OCH3 is 1. The zero-order valence-corrected chi connectivity index (χ0v) is 14.2. The normalized spacial score (nSPS) is 14.8. The number of hydrogen-bond acceptors (Lipinski definition) is 8. The Morgan fingerprint density at radius 2 is 1.92 bits per heavy atom. The number of rotatable bonds is 5. The summed E-state index contributed by atoms with van der Waals surface area (Å²) in [5, 5.41) is 3.96. The molecule has 1 aliphatic heterocycles. The zero-order valence-electron chi connectivity index (χ0n) is 14.2. The number of carbonyl (C=O) groups is 1. The smallest absolute Gasteiger partial charge is 0.337 e. The second-order valence-electron chi connectivity index (χ2n) is 6.11. The van der Waals surface area contributed by atoms with Gasteiger partial charge in [-0.1, -0.05) is 17.3 Å². The molecule has 3 aromatic rings. The van der Waals surface area contributed by atoms with E-state index in [0.717, 1.165) is 25.2 Å². The van der Waals surface area contributed by atoms with Gasteiger partial charge >= 0.3 is 5.97 Å². The van der Waals surface area contributed by atoms with Crippen LogP contribution in [0.5, 0.6) is 0 Å². The lowest BCUT2D eigenvalue weighted by atomic mass is 9.99. The summed E-state index contributed by atoms with van der Waals surface area (Å²) >= 11 is 0. The van der Waals surface area contributed by atoms with Gasteiger partial charge < -0.3 is 9.26 Å². The highest BCUT2D eigenvalue weighted by Gasteiger charge is 2.32. The highest BCUT2D eigenvalue weighted by Crippen LogP contribution is 2.28. The Balaban J connectivity index is 1.33. The van der Waals surface area contributed by atoms with Gasteiger partial charge in [0.2, 0.25) is 17.5 Å². The SMILES string of the molecule is COC(=O)c1ccc(CN2CC(c3nc(-c4ncccn4)no3)C2)cc1. The van der Waals surface area contributed by atoms with E-state index in [2.05, 4.69) is 25.0 Å². The van der Waals surface area contributed by atoms with E-state index >= 15 is 0 Å². The lowest BCUT2D eigenvalue weighted by Crippen LogP contribution is -2.44. The summed E-state index contributed by atoms with van der Waals surface area (Å²) in [4.78, 5) is 26.4. The Hall–Kier alpha value is -3.13. The summed E-state index contributed by atoms with van der Waals surface area (Å²) in [6, 6.07) is 9.19. The summed E-state index contributed by atoms with van der Waals surface area (Å²) in [5.41, 5.74) is 1.69. The van der Waals surface area contributed by atoms with Gasteiger partial charge in [0.15, 0.2) is 0 Å². The number of aromatic nitrogens is 4. The summed E-state index contributed by atoms with van der Waals surface area (Å²) in [6.07, 6.45) is 3.30. The Bertz CT molecular complexity index is 889. The number of esters is 1. The van der Waals surface area contributed by atoms with E-state index in [1.54, 1.807) is 30.6 Å². The maximum atomic E-state index is 11.5. The molecule has 0 radical (unpaired) electrons. The van der Waals surface area contributed by atoms with Crippen molar-refractivity contribution in [2.45, 2.75) is 12.5 Å². The van der Waals surface area contributed by atoms with Gasteiger partial charge in [-0.3, -0.25) is 4.90 Å². The number of nitrogens with zero attached hydrogens (tertiary/aromatic N) is 5. The monoisotopic (exact) mass is 351 g/mol. The zero-order chi connectivity index (χ0) is 17.9. The van der Waals surface area contributed by atoms with Crippen LogP contribution >= 0.6 is 0 Å². The fourth-order valence-corrected chi connectivity index (χ4v) is 2.88. The molecule has 0 spiro atoms. The molecule has 0 aliphatic carbocycles. The van der Waals surface area contributed by atoms with E-state index in [1.165, 1.54) is 7.11 Å². The molecule has 132 valence electrons. The first-order valence-corrected chi connectivity index (χ1v) is 8.23. The van der Waals surface area contributed by atoms with Crippen LogP contribution in [0.2, 0.25) is 0 Å². The van der Waals surface area contributed by atoms with E-state index in [9.17, 15) is 4.79 Å². The first-order valence-electron chi connectivity index (χ1n) is 8.23. The van der Waals surface area contributed by atoms with Crippen LogP contribution in [0.15, 0.2) is 47.2 Å². The van der Waals surface area contributed by atoms with Crippen molar-refractivity contribution in [1.82, 2.24) is 25.0 Å². The van der Waals surface area contributed by atoms with Crippen molar-refractivity contribution in [3.8, 4) is 11.6 Å². The van der Waals surface area contributed by atoms with Crippen LogP contribution in [0.4, 0.5) is 0 Å². The molecule has 1 fully saturated rings. The third-order valence-electron chi connectivity index (χ3n) is 4.30. The van der Waals surface area contributed by atoms with E-state index in [4.69, 9.17) is 9.26 Å². The van der Waals surface area contributed by atoms with Gasteiger partial charge in [0.05, 0.1) is 18.6 Å². The Morgan fingerprint density at radius 1 is 1.19 bits per heavy atom. The molecule has 1 aliphatic rings. The van der Waals surface area contributed by atoms with Gasteiger partial charge in [-0.15, -0.1) is 0 Å². The van der Waals surface area contributed by atoms with Crippen molar-refractivity contribution >= 4 is 5.97 Å². The van der Waals surface area contributed by atoms with Gasteiger partial charge in [-0.25, -0.2) is 14.8 Å². The highest BCUT2D eigenvalue weighted by molar-refractivity contribution is 5.89. The highest BCUT2D eigenvalue weighted by atomic mass is 16.5. The van der Waals surface area contributed by atoms with Crippen molar-refractivity contribution in [2.24, 2.45) is 0 Å². The van der Waals surface area contributed by atoms with Crippen molar-refractivity contribution in [2.75, 3.05) is 20.2 Å². The quantitative estimate of drug-likeness (QED) is 0.644. The standard InChI is InChI=1S/C18H17N5O3/c1-25-18(24)13-5-3-12(4-6-13)9-23-10-14(11-23)17-21-16(22-26-17)15-19-7-2-8-20-15/h2-8,14H,9-11H2,1H3. The fraction of sp³-hybridized carbons (Fsp3) is 0.278. The maximum Gasteiger partial charge on any atom is 0.337 e. The summed E-state index contributed by atoms with van der Waals surface area (Å²) in [5.74, 6) is 1.39. The van der Waals surface area contributed by atoms with Gasteiger partial charge in [0.25, 0.3) is 0 Å². The number of benzene rings is 1. The molecule has 0 atom stereocenters. The molecule has 2 aromatic heterocycles. The molecule has 0 N–H and O–H groups in total. The summed E-state index contributed by atoms with van der Waals surface area (Å²) in [7, 11) is 1.38. The molecule has 1 saturated heterocycles. The Kier molecular flexibility index (Phi) is 4.40. The molecule has 8 nitrogen and oxygen atoms in total. The second kappa shape index (κ2) is 7.01. The Labute approximate surface area is 149 Å². The molecule has 4 rings (SSSR count). The maximum absolute atomic E-state index is 11.5. The summed E-state index contributed by atoms with van der Waals surface area (Å²) in [6.45, 7) is 2.49. The molecular formula is C18H17N5O3. The van der Waals surface area contributed by atoms with E-state index in [0.29, 0.717) is 23.1 Å². The third-order valence-corrected chi connectivity index (χ3v) is 4.30. The second-order valence-corrected chi connectivity index (χ2v) is 6.11. The van der Waals surface area contributed by atoms with Crippen molar-refractivity contribution in [3.05, 3.63) is 59.7 Å². The molecule has 3 heterocycles. The van der Waals surface area contributed by atoms with E-state index in [1.807, 2.05) is 12.1 Å². The molecule has 1 aromatic carbocycles. The van der Waals surface area contributed by atoms with Gasteiger partial charge in [0, 0.05) is 32.0 Å². The average Bonchev–Trinajstić information content (AvgIpc) is 3.14. The van der Waals surface area contributed by atoms with Crippen LogP contribution in [0.25, 0.3) is 11.6 Å². The van der Waals surface area contributed by atoms with Crippen LogP contribution < -0.4 is 0 Å². The largest absolute Gasteiger partial charge is 0.465 e. The lowest BCUT2D eigenvalue weighted by molar-refractivity contribution is 0.0600. The number of ether oxygens (including phenoxy) is 1. The van der Waals surface area contributed by atoms with Gasteiger partial charge in [0.1, 0.15) is 0 Å². The van der Waals surface area contributed by atoms with Crippen LogP contribution in [-0.4, -0.2) is 51.2 Å². The van der Waals surface area contributed by atoms with E-state index < -0.39 is 0 Å². The topological polar surface area (TPSA) is 94.2 Å². The number of hydrogen-bond donors (Lipinski definition) is 0. The number of carbonyl (C=O) groups excluding carboxylic acids is 1. The average molecular weight is 351 g/mol. The lowest BCUT2D eigenvalue weighted by Gasteiger charge is -2.37. The molecule has 8 heteroatoms. The molecule has 0 amide bonds. The minimum Gasteiger partial charge on any atom is -0.465 e. The van der Waals surface area contributed by atoms with E-state index in [-0.39, 0.29) is 11.9 Å². The predicted octanol–water partition coefficient (Wildman–Crippen LogP) is 1.91. The number of likely N-dealkylation sites (tertiary alicyclic amines) is 1. The van der Waals surface area contributed by atoms with Crippen molar-refractivity contribution < 1.29 is 14.1 Å². The third kappa shape index (κ3) is 3.31. The molecule has 0 unspecified atom stereocenters. The van der Waals surface area contributed by atoms with Crippen molar-refractivity contribution in [1.29, 1.82) is 0 Å². The van der Waals surface area contributed by atoms with Crippen LogP contribution in [0, 0.1) is 0 Å². The van der Waals surface area contributed by atoms with Gasteiger partial charge in [-0.05, 0) is 23.8 Å².